The van der Waals surface area contributed by atoms with E-state index in [-0.39, 0.29) is 13.2 Å². The molecule has 1 rings (SSSR count). The Bertz CT molecular complexity index is 445. The summed E-state index contributed by atoms with van der Waals surface area (Å²) in [6.45, 7) is 0.258. The summed E-state index contributed by atoms with van der Waals surface area (Å²) in [6, 6.07) is 3.55. The molecule has 19 heavy (non-hydrogen) atoms. The predicted octanol–water partition coefficient (Wildman–Crippen LogP) is 2.06. The van der Waals surface area contributed by atoms with Crippen LogP contribution in [0.5, 0.6) is 0 Å². The third-order valence-corrected chi connectivity index (χ3v) is 3.05. The number of rotatable bonds is 5. The molecular weight excluding hydrogens is 319 g/mol. The van der Waals surface area contributed by atoms with Crippen LogP contribution >= 0.6 is 15.9 Å². The second-order valence-corrected chi connectivity index (χ2v) is 4.90. The third-order valence-electron chi connectivity index (χ3n) is 2.36. The number of hydrogen-bond donors (Lipinski definition) is 2. The van der Waals surface area contributed by atoms with Crippen LogP contribution in [0.1, 0.15) is 0 Å². The van der Waals surface area contributed by atoms with Crippen molar-refractivity contribution in [2.75, 3.05) is 32.6 Å². The predicted molar refractivity (Wildman–Crippen MR) is 73.6 cm³/mol. The molecule has 0 aliphatic rings. The highest BCUT2D eigenvalue weighted by atomic mass is 79.9. The fraction of sp³-hybridized carbons (Fsp3) is 0.417. The molecule has 0 aliphatic carbocycles. The maximum Gasteiger partial charge on any atom is 0.321 e. The van der Waals surface area contributed by atoms with Gasteiger partial charge in [0.25, 0.3) is 0 Å². The van der Waals surface area contributed by atoms with Crippen LogP contribution in [-0.4, -0.2) is 49.5 Å². The van der Waals surface area contributed by atoms with Gasteiger partial charge in [-0.25, -0.2) is 9.18 Å². The largest absolute Gasteiger partial charge is 0.389 e. The number of aliphatic hydroxyl groups is 1. The molecule has 0 saturated carbocycles. The highest BCUT2D eigenvalue weighted by molar-refractivity contribution is 9.10. The van der Waals surface area contributed by atoms with Crippen molar-refractivity contribution in [3.05, 3.63) is 28.5 Å². The monoisotopic (exact) mass is 334 g/mol. The van der Waals surface area contributed by atoms with E-state index in [4.69, 9.17) is 4.74 Å². The van der Waals surface area contributed by atoms with E-state index in [1.165, 1.54) is 37.3 Å². The van der Waals surface area contributed by atoms with Crippen LogP contribution in [0.15, 0.2) is 22.7 Å². The van der Waals surface area contributed by atoms with Gasteiger partial charge in [-0.1, -0.05) is 0 Å². The first kappa shape index (κ1) is 15.9. The number of urea groups is 1. The molecule has 0 bridgehead atoms. The van der Waals surface area contributed by atoms with Crippen molar-refractivity contribution in [1.82, 2.24) is 4.90 Å². The maximum atomic E-state index is 13.1. The Balaban J connectivity index is 2.61. The first-order valence-corrected chi connectivity index (χ1v) is 6.37. The van der Waals surface area contributed by atoms with E-state index in [1.807, 2.05) is 0 Å². The van der Waals surface area contributed by atoms with Gasteiger partial charge >= 0.3 is 6.03 Å². The number of hydrogen-bond acceptors (Lipinski definition) is 3. The zero-order chi connectivity index (χ0) is 14.4. The average Bonchev–Trinajstić information content (AvgIpc) is 2.34. The second-order valence-electron chi connectivity index (χ2n) is 4.04. The van der Waals surface area contributed by atoms with Crippen molar-refractivity contribution < 1.29 is 19.0 Å². The number of methoxy groups -OCH3 is 1. The second kappa shape index (κ2) is 7.42. The summed E-state index contributed by atoms with van der Waals surface area (Å²) in [5.74, 6) is -0.444. The van der Waals surface area contributed by atoms with E-state index in [1.54, 1.807) is 0 Å². The van der Waals surface area contributed by atoms with Gasteiger partial charge in [-0.15, -0.1) is 0 Å². The molecule has 0 fully saturated rings. The number of amides is 2. The highest BCUT2D eigenvalue weighted by Crippen LogP contribution is 2.23. The number of nitrogens with zero attached hydrogens (tertiary/aromatic N) is 1. The zero-order valence-electron chi connectivity index (χ0n) is 10.7. The molecule has 1 unspecified atom stereocenters. The Morgan fingerprint density at radius 3 is 2.95 bits per heavy atom. The summed E-state index contributed by atoms with van der Waals surface area (Å²) in [5.41, 5.74) is 0.332. The molecule has 7 heteroatoms. The summed E-state index contributed by atoms with van der Waals surface area (Å²) in [7, 11) is 2.99. The number of carbonyl (C=O) groups is 1. The number of carbonyl (C=O) groups excluding carboxylic acids is 1. The smallest absolute Gasteiger partial charge is 0.321 e. The number of halogens is 2. The van der Waals surface area contributed by atoms with Gasteiger partial charge in [0.2, 0.25) is 0 Å². The number of benzene rings is 1. The van der Waals surface area contributed by atoms with Gasteiger partial charge in [0.1, 0.15) is 5.82 Å². The van der Waals surface area contributed by atoms with E-state index in [2.05, 4.69) is 21.2 Å². The number of nitrogens with one attached hydrogen (secondary N) is 1. The Morgan fingerprint density at radius 1 is 1.63 bits per heavy atom. The summed E-state index contributed by atoms with van der Waals surface area (Å²) in [4.78, 5) is 13.1. The fourth-order valence-corrected chi connectivity index (χ4v) is 1.79. The molecule has 0 radical (unpaired) electrons. The molecule has 5 nitrogen and oxygen atoms in total. The zero-order valence-corrected chi connectivity index (χ0v) is 12.3. The number of ether oxygens (including phenoxy) is 1. The summed E-state index contributed by atoms with van der Waals surface area (Å²) >= 11 is 3.21. The molecule has 1 aromatic rings. The molecule has 2 amide bonds. The maximum absolute atomic E-state index is 13.1. The lowest BCUT2D eigenvalue weighted by atomic mass is 10.3. The Hall–Kier alpha value is -1.18. The molecule has 106 valence electrons. The molecular formula is C12H16BrFN2O3. The Kier molecular flexibility index (Phi) is 6.20. The molecule has 0 saturated heterocycles. The first-order valence-electron chi connectivity index (χ1n) is 5.58. The summed E-state index contributed by atoms with van der Waals surface area (Å²) < 4.78 is 18.4. The van der Waals surface area contributed by atoms with Crippen molar-refractivity contribution in [3.63, 3.8) is 0 Å². The van der Waals surface area contributed by atoms with Gasteiger partial charge in [0, 0.05) is 18.6 Å². The van der Waals surface area contributed by atoms with E-state index in [0.29, 0.717) is 10.2 Å². The minimum Gasteiger partial charge on any atom is -0.389 e. The lowest BCUT2D eigenvalue weighted by Crippen LogP contribution is -2.38. The van der Waals surface area contributed by atoms with Gasteiger partial charge in [-0.05, 0) is 34.1 Å². The van der Waals surface area contributed by atoms with Gasteiger partial charge < -0.3 is 20.1 Å². The van der Waals surface area contributed by atoms with Crippen LogP contribution in [0.4, 0.5) is 14.9 Å². The topological polar surface area (TPSA) is 61.8 Å². The van der Waals surface area contributed by atoms with Crippen LogP contribution in [-0.2, 0) is 4.74 Å². The van der Waals surface area contributed by atoms with E-state index >= 15 is 0 Å². The van der Waals surface area contributed by atoms with Crippen LogP contribution in [0.25, 0.3) is 0 Å². The van der Waals surface area contributed by atoms with Gasteiger partial charge in [0.05, 0.1) is 24.9 Å². The van der Waals surface area contributed by atoms with Crippen molar-refractivity contribution in [2.45, 2.75) is 6.10 Å². The van der Waals surface area contributed by atoms with Crippen LogP contribution in [0.2, 0.25) is 0 Å². The number of anilines is 1. The van der Waals surface area contributed by atoms with E-state index in [9.17, 15) is 14.3 Å². The normalized spacial score (nSPS) is 12.1. The average molecular weight is 335 g/mol. The van der Waals surface area contributed by atoms with Crippen molar-refractivity contribution in [1.29, 1.82) is 0 Å². The van der Waals surface area contributed by atoms with Crippen molar-refractivity contribution in [3.8, 4) is 0 Å². The van der Waals surface area contributed by atoms with Gasteiger partial charge in [-0.3, -0.25) is 0 Å². The minimum absolute atomic E-state index is 0.118. The Morgan fingerprint density at radius 2 is 2.32 bits per heavy atom. The van der Waals surface area contributed by atoms with Crippen LogP contribution in [0.3, 0.4) is 0 Å². The van der Waals surface area contributed by atoms with Crippen molar-refractivity contribution >= 4 is 27.6 Å². The van der Waals surface area contributed by atoms with Gasteiger partial charge in [-0.2, -0.15) is 0 Å². The number of likely N-dealkylation sites (N-methyl/N-ethyl adjacent to an activating group) is 1. The quantitative estimate of drug-likeness (QED) is 0.866. The van der Waals surface area contributed by atoms with E-state index < -0.39 is 18.0 Å². The van der Waals surface area contributed by atoms with E-state index in [0.717, 1.165) is 0 Å². The SMILES string of the molecule is COCC(O)CN(C)C(=O)Nc1cc(F)ccc1Br. The Labute approximate surface area is 119 Å². The van der Waals surface area contributed by atoms with Crippen LogP contribution < -0.4 is 5.32 Å². The molecule has 1 atom stereocenters. The number of aliphatic hydroxyl groups excluding tert-OH is 1. The lowest BCUT2D eigenvalue weighted by molar-refractivity contribution is 0.0501. The molecule has 0 heterocycles. The summed E-state index contributed by atoms with van der Waals surface area (Å²) in [6.07, 6.45) is -0.767. The molecule has 2 N–H and O–H groups in total. The third kappa shape index (κ3) is 5.14. The summed E-state index contributed by atoms with van der Waals surface area (Å²) in [5, 5.41) is 12.1. The lowest BCUT2D eigenvalue weighted by Gasteiger charge is -2.21. The fourth-order valence-electron chi connectivity index (χ4n) is 1.45. The first-order chi connectivity index (χ1) is 8.93. The molecule has 1 aromatic carbocycles. The molecule has 0 spiro atoms. The minimum atomic E-state index is -0.767. The molecule has 0 aliphatic heterocycles. The highest BCUT2D eigenvalue weighted by Gasteiger charge is 2.14. The van der Waals surface area contributed by atoms with Gasteiger partial charge in [0.15, 0.2) is 0 Å². The standard InChI is InChI=1S/C12H16BrFN2O3/c1-16(6-9(17)7-19-2)12(18)15-11-5-8(14)3-4-10(11)13/h3-5,9,17H,6-7H2,1-2H3,(H,15,18). The van der Waals surface area contributed by atoms with Crippen LogP contribution in [0, 0.1) is 5.82 Å². The molecule has 0 aromatic heterocycles. The van der Waals surface area contributed by atoms with Crippen molar-refractivity contribution in [2.24, 2.45) is 0 Å².